The first-order valence-corrected chi connectivity index (χ1v) is 18.3. The molecule has 0 fully saturated rings. The van der Waals surface area contributed by atoms with Crippen molar-refractivity contribution in [1.29, 1.82) is 0 Å². The predicted molar refractivity (Wildman–Crippen MR) is 121 cm³/mol. The predicted octanol–water partition coefficient (Wildman–Crippen LogP) is 8.98. The van der Waals surface area contributed by atoms with E-state index < -0.39 is 15.2 Å². The molecular weight excluding hydrogens is 320 g/mol. The Morgan fingerprint density at radius 3 is 0.750 bits per heavy atom. The zero-order chi connectivity index (χ0) is 18.3. The standard InChI is InChI=1S/C22H50Si2/c1-7-11-15-19-23(5,20-16-12-8-2)24(6,21-17-13-9-3)22-18-14-10-4/h7-22H2,1-6H3. The van der Waals surface area contributed by atoms with Crippen molar-refractivity contribution in [3.63, 3.8) is 0 Å². The Kier molecular flexibility index (Phi) is 14.9. The SMILES string of the molecule is CCCCC[Si](C)(CCCCC)[Si](C)(CCCCC)CCCCC. The first-order chi connectivity index (χ1) is 11.5. The zero-order valence-corrected chi connectivity index (χ0v) is 20.3. The lowest BCUT2D eigenvalue weighted by Gasteiger charge is -2.45. The molecule has 0 saturated heterocycles. The van der Waals surface area contributed by atoms with E-state index in [4.69, 9.17) is 0 Å². The van der Waals surface area contributed by atoms with Gasteiger partial charge in [0, 0.05) is 15.2 Å². The Morgan fingerprint density at radius 1 is 0.375 bits per heavy atom. The zero-order valence-electron chi connectivity index (χ0n) is 18.3. The molecule has 2 heteroatoms. The molecule has 0 aromatic heterocycles. The summed E-state index contributed by atoms with van der Waals surface area (Å²) in [5.74, 6) is 0. The number of rotatable bonds is 17. The van der Waals surface area contributed by atoms with Crippen LogP contribution in [0.25, 0.3) is 0 Å². The summed E-state index contributed by atoms with van der Waals surface area (Å²) in [6, 6.07) is 6.63. The normalized spacial score (nSPS) is 12.8. The van der Waals surface area contributed by atoms with Crippen LogP contribution in [0.5, 0.6) is 0 Å². The van der Waals surface area contributed by atoms with Gasteiger partial charge < -0.3 is 0 Å². The number of hydrogen-bond donors (Lipinski definition) is 0. The molecule has 0 nitrogen and oxygen atoms in total. The molecule has 0 amide bonds. The van der Waals surface area contributed by atoms with Gasteiger partial charge in [0.05, 0.1) is 0 Å². The van der Waals surface area contributed by atoms with Crippen molar-refractivity contribution in [2.75, 3.05) is 0 Å². The molecule has 0 aliphatic carbocycles. The second-order valence-corrected chi connectivity index (χ2v) is 24.4. The summed E-state index contributed by atoms with van der Waals surface area (Å²) < 4.78 is 0. The highest BCUT2D eigenvalue weighted by Crippen LogP contribution is 2.39. The first-order valence-electron chi connectivity index (χ1n) is 11.5. The second kappa shape index (κ2) is 14.6. The van der Waals surface area contributed by atoms with Gasteiger partial charge in [-0.25, -0.2) is 0 Å². The number of hydrogen-bond acceptors (Lipinski definition) is 0. The molecule has 0 N–H and O–H groups in total. The van der Waals surface area contributed by atoms with Crippen LogP contribution in [0.2, 0.25) is 37.3 Å². The molecule has 0 saturated carbocycles. The Labute approximate surface area is 157 Å². The molecule has 0 aromatic rings. The Bertz CT molecular complexity index is 227. The highest BCUT2D eigenvalue weighted by atomic mass is 29.3. The van der Waals surface area contributed by atoms with Crippen LogP contribution in [0, 0.1) is 0 Å². The average Bonchev–Trinajstić information content (AvgIpc) is 2.56. The van der Waals surface area contributed by atoms with Crippen molar-refractivity contribution >= 4 is 15.2 Å². The van der Waals surface area contributed by atoms with Crippen molar-refractivity contribution in [1.82, 2.24) is 0 Å². The van der Waals surface area contributed by atoms with Crippen molar-refractivity contribution in [2.45, 2.75) is 142 Å². The van der Waals surface area contributed by atoms with Gasteiger partial charge in [0.15, 0.2) is 0 Å². The Hall–Kier alpha value is 0.434. The minimum absolute atomic E-state index is 1.04. The fourth-order valence-electron chi connectivity index (χ4n) is 4.52. The van der Waals surface area contributed by atoms with Gasteiger partial charge in [-0.1, -0.05) is 142 Å². The summed E-state index contributed by atoms with van der Waals surface area (Å²) in [6.45, 7) is 15.2. The lowest BCUT2D eigenvalue weighted by molar-refractivity contribution is 0.730. The van der Waals surface area contributed by atoms with E-state index in [-0.39, 0.29) is 0 Å². The minimum atomic E-state index is -1.04. The van der Waals surface area contributed by atoms with E-state index in [9.17, 15) is 0 Å². The molecule has 0 aromatic carbocycles. The summed E-state index contributed by atoms with van der Waals surface area (Å²) in [5, 5.41) is 0. The van der Waals surface area contributed by atoms with Gasteiger partial charge in [0.1, 0.15) is 0 Å². The van der Waals surface area contributed by atoms with Crippen molar-refractivity contribution in [2.24, 2.45) is 0 Å². The van der Waals surface area contributed by atoms with E-state index in [2.05, 4.69) is 40.8 Å². The molecule has 0 bridgehead atoms. The van der Waals surface area contributed by atoms with Crippen LogP contribution in [0.15, 0.2) is 0 Å². The van der Waals surface area contributed by atoms with E-state index in [0.29, 0.717) is 0 Å². The van der Waals surface area contributed by atoms with E-state index in [1.165, 1.54) is 77.0 Å². The summed E-state index contributed by atoms with van der Waals surface area (Å²) in [6.07, 6.45) is 17.6. The summed E-state index contributed by atoms with van der Waals surface area (Å²) in [5.41, 5.74) is 0. The summed E-state index contributed by atoms with van der Waals surface area (Å²) >= 11 is 0. The molecule has 0 aliphatic rings. The van der Waals surface area contributed by atoms with Gasteiger partial charge >= 0.3 is 0 Å². The molecule has 0 spiro atoms. The smallest absolute Gasteiger partial charge is 0.0446 e. The maximum absolute atomic E-state index is 2.86. The van der Waals surface area contributed by atoms with E-state index in [1.807, 2.05) is 0 Å². The van der Waals surface area contributed by atoms with Crippen LogP contribution in [-0.2, 0) is 0 Å². The molecule has 146 valence electrons. The Morgan fingerprint density at radius 2 is 0.583 bits per heavy atom. The van der Waals surface area contributed by atoms with E-state index >= 15 is 0 Å². The van der Waals surface area contributed by atoms with Crippen LogP contribution in [0.1, 0.15) is 105 Å². The molecule has 0 heterocycles. The minimum Gasteiger partial charge on any atom is -0.0711 e. The molecule has 0 rings (SSSR count). The maximum atomic E-state index is 2.86. The Balaban J connectivity index is 5.08. The van der Waals surface area contributed by atoms with Crippen LogP contribution < -0.4 is 0 Å². The van der Waals surface area contributed by atoms with Gasteiger partial charge in [-0.3, -0.25) is 0 Å². The van der Waals surface area contributed by atoms with Crippen LogP contribution in [0.3, 0.4) is 0 Å². The topological polar surface area (TPSA) is 0 Å². The van der Waals surface area contributed by atoms with Gasteiger partial charge in [0.2, 0.25) is 0 Å². The van der Waals surface area contributed by atoms with Crippen molar-refractivity contribution in [3.05, 3.63) is 0 Å². The largest absolute Gasteiger partial charge is 0.0711 e. The van der Waals surface area contributed by atoms with E-state index in [1.54, 1.807) is 24.2 Å². The van der Waals surface area contributed by atoms with E-state index in [0.717, 1.165) is 0 Å². The van der Waals surface area contributed by atoms with Gasteiger partial charge in [0.25, 0.3) is 0 Å². The molecule has 0 aliphatic heterocycles. The van der Waals surface area contributed by atoms with Gasteiger partial charge in [-0.2, -0.15) is 0 Å². The van der Waals surface area contributed by atoms with Crippen LogP contribution >= 0.6 is 0 Å². The summed E-state index contributed by atoms with van der Waals surface area (Å²) in [7, 11) is -2.08. The molecular formula is C22H50Si2. The molecule has 0 unspecified atom stereocenters. The van der Waals surface area contributed by atoms with Crippen molar-refractivity contribution < 1.29 is 0 Å². The highest BCUT2D eigenvalue weighted by molar-refractivity contribution is 7.41. The highest BCUT2D eigenvalue weighted by Gasteiger charge is 2.45. The average molecular weight is 371 g/mol. The maximum Gasteiger partial charge on any atom is 0.0446 e. The first kappa shape index (κ1) is 24.4. The summed E-state index contributed by atoms with van der Waals surface area (Å²) in [4.78, 5) is 0. The third kappa shape index (κ3) is 9.22. The quantitative estimate of drug-likeness (QED) is 0.177. The lowest BCUT2D eigenvalue weighted by Crippen LogP contribution is -2.58. The van der Waals surface area contributed by atoms with Crippen LogP contribution in [-0.4, -0.2) is 15.2 Å². The van der Waals surface area contributed by atoms with Crippen molar-refractivity contribution in [3.8, 4) is 0 Å². The third-order valence-electron chi connectivity index (χ3n) is 6.79. The molecule has 0 atom stereocenters. The van der Waals surface area contributed by atoms with Gasteiger partial charge in [-0.15, -0.1) is 0 Å². The second-order valence-electron chi connectivity index (χ2n) is 8.95. The third-order valence-corrected chi connectivity index (χ3v) is 27.3. The number of unbranched alkanes of at least 4 members (excludes halogenated alkanes) is 8. The monoisotopic (exact) mass is 370 g/mol. The van der Waals surface area contributed by atoms with Crippen LogP contribution in [0.4, 0.5) is 0 Å². The van der Waals surface area contributed by atoms with Gasteiger partial charge in [-0.05, 0) is 0 Å². The molecule has 0 radical (unpaired) electrons. The fraction of sp³-hybridized carbons (Fsp3) is 1.00. The lowest BCUT2D eigenvalue weighted by atomic mass is 10.3. The fourth-order valence-corrected chi connectivity index (χ4v) is 20.9. The molecule has 24 heavy (non-hydrogen) atoms.